The number of carbonyl (C=O) groups excluding carboxylic acids is 1. The van der Waals surface area contributed by atoms with E-state index in [0.717, 1.165) is 5.56 Å². The van der Waals surface area contributed by atoms with E-state index in [2.05, 4.69) is 5.32 Å². The molecular weight excluding hydrogens is 259 g/mol. The van der Waals surface area contributed by atoms with Gasteiger partial charge in [0, 0.05) is 25.3 Å². The zero-order chi connectivity index (χ0) is 14.2. The molecule has 2 amide bonds. The van der Waals surface area contributed by atoms with Crippen LogP contribution in [0.4, 0.5) is 23.7 Å². The maximum Gasteiger partial charge on any atom is 0.390 e. The normalized spacial score (nSPS) is 16.9. The summed E-state index contributed by atoms with van der Waals surface area (Å²) in [5.74, 6) is 0. The average Bonchev–Trinajstić information content (AvgIpc) is 2.27. The van der Waals surface area contributed by atoms with Crippen LogP contribution in [0.25, 0.3) is 0 Å². The molecule has 4 nitrogen and oxygen atoms in total. The number of urea groups is 1. The Hall–Kier alpha value is -1.76. The molecule has 7 heteroatoms. The molecule has 0 aliphatic carbocycles. The van der Waals surface area contributed by atoms with E-state index in [1.54, 1.807) is 19.2 Å². The molecule has 0 radical (unpaired) electrons. The van der Waals surface area contributed by atoms with Crippen molar-refractivity contribution in [3.8, 4) is 0 Å². The lowest BCUT2D eigenvalue weighted by molar-refractivity contribution is -0.138. The van der Waals surface area contributed by atoms with Gasteiger partial charge < -0.3 is 16.0 Å². The number of halogens is 3. The summed E-state index contributed by atoms with van der Waals surface area (Å²) in [6.07, 6.45) is -5.35. The fourth-order valence-electron chi connectivity index (χ4n) is 2.00. The lowest BCUT2D eigenvalue weighted by atomic mass is 9.99. The molecule has 3 N–H and O–H groups in total. The summed E-state index contributed by atoms with van der Waals surface area (Å²) in [7, 11) is 1.61. The topological polar surface area (TPSA) is 58.4 Å². The highest BCUT2D eigenvalue weighted by molar-refractivity contribution is 5.92. The molecule has 0 fully saturated rings. The maximum atomic E-state index is 12.3. The predicted molar refractivity (Wildman–Crippen MR) is 64.5 cm³/mol. The lowest BCUT2D eigenvalue weighted by Gasteiger charge is -2.27. The van der Waals surface area contributed by atoms with E-state index in [0.29, 0.717) is 17.8 Å². The molecule has 0 saturated carbocycles. The number of alkyl halides is 3. The van der Waals surface area contributed by atoms with Crippen LogP contribution in [0, 0.1) is 0 Å². The third-order valence-electron chi connectivity index (χ3n) is 3.00. The van der Waals surface area contributed by atoms with Gasteiger partial charge in [0.25, 0.3) is 0 Å². The zero-order valence-corrected chi connectivity index (χ0v) is 10.3. The minimum absolute atomic E-state index is 0.236. The maximum absolute atomic E-state index is 12.3. The quantitative estimate of drug-likeness (QED) is 0.870. The Labute approximate surface area is 108 Å². The van der Waals surface area contributed by atoms with Crippen LogP contribution in [0.5, 0.6) is 0 Å². The Kier molecular flexibility index (Phi) is 3.40. The van der Waals surface area contributed by atoms with Gasteiger partial charge in [-0.15, -0.1) is 0 Å². The second kappa shape index (κ2) is 4.73. The van der Waals surface area contributed by atoms with Crippen molar-refractivity contribution < 1.29 is 18.0 Å². The molecule has 0 spiro atoms. The van der Waals surface area contributed by atoms with Crippen LogP contribution < -0.4 is 11.1 Å². The molecule has 1 atom stereocenters. The number of anilines is 1. The number of rotatable bonds is 2. The van der Waals surface area contributed by atoms with Crippen molar-refractivity contribution in [3.05, 3.63) is 29.3 Å². The van der Waals surface area contributed by atoms with Gasteiger partial charge in [0.2, 0.25) is 0 Å². The van der Waals surface area contributed by atoms with Crippen molar-refractivity contribution in [2.45, 2.75) is 25.2 Å². The number of nitrogens with two attached hydrogens (primary N) is 1. The summed E-state index contributed by atoms with van der Waals surface area (Å²) in [6, 6.07) is 3.39. The van der Waals surface area contributed by atoms with Crippen molar-refractivity contribution in [2.75, 3.05) is 12.4 Å². The Morgan fingerprint density at radius 2 is 2.16 bits per heavy atom. The number of fused-ring (bicyclic) bond motifs is 1. The first-order chi connectivity index (χ1) is 8.76. The van der Waals surface area contributed by atoms with E-state index in [4.69, 9.17) is 5.73 Å². The van der Waals surface area contributed by atoms with Crippen molar-refractivity contribution in [3.63, 3.8) is 0 Å². The minimum atomic E-state index is -4.29. The Balaban J connectivity index is 2.22. The fourth-order valence-corrected chi connectivity index (χ4v) is 2.00. The lowest BCUT2D eigenvalue weighted by Crippen LogP contribution is -2.35. The monoisotopic (exact) mass is 273 g/mol. The van der Waals surface area contributed by atoms with E-state index >= 15 is 0 Å². The first kappa shape index (κ1) is 13.7. The molecule has 1 unspecified atom stereocenters. The molecule has 1 aromatic rings. The summed E-state index contributed by atoms with van der Waals surface area (Å²) < 4.78 is 36.9. The van der Waals surface area contributed by atoms with Crippen molar-refractivity contribution >= 4 is 11.7 Å². The number of carbonyl (C=O) groups is 1. The van der Waals surface area contributed by atoms with Gasteiger partial charge >= 0.3 is 12.2 Å². The molecule has 1 aromatic carbocycles. The number of hydrogen-bond donors (Lipinski definition) is 2. The molecule has 1 aliphatic heterocycles. The molecule has 2 rings (SSSR count). The summed E-state index contributed by atoms with van der Waals surface area (Å²) >= 11 is 0. The molecule has 1 heterocycles. The molecule has 0 aromatic heterocycles. The Morgan fingerprint density at radius 3 is 2.79 bits per heavy atom. The van der Waals surface area contributed by atoms with Crippen molar-refractivity contribution in [1.29, 1.82) is 0 Å². The van der Waals surface area contributed by atoms with Crippen molar-refractivity contribution in [2.24, 2.45) is 5.73 Å². The fraction of sp³-hybridized carbons (Fsp3) is 0.417. The smallest absolute Gasteiger partial charge is 0.324 e. The van der Waals surface area contributed by atoms with Gasteiger partial charge in [-0.25, -0.2) is 4.79 Å². The molecule has 0 bridgehead atoms. The second-order valence-corrected chi connectivity index (χ2v) is 4.63. The van der Waals surface area contributed by atoms with E-state index in [1.807, 2.05) is 0 Å². The largest absolute Gasteiger partial charge is 0.390 e. The molecule has 0 saturated heterocycles. The van der Waals surface area contributed by atoms with Gasteiger partial charge in [0.15, 0.2) is 0 Å². The van der Waals surface area contributed by atoms with Crippen LogP contribution in [0.2, 0.25) is 0 Å². The van der Waals surface area contributed by atoms with E-state index in [9.17, 15) is 18.0 Å². The highest BCUT2D eigenvalue weighted by Gasteiger charge is 2.31. The first-order valence-electron chi connectivity index (χ1n) is 5.73. The SMILES string of the molecule is CN1Cc2cc(C(N)CC(F)(F)F)ccc2NC1=O. The van der Waals surface area contributed by atoms with Crippen molar-refractivity contribution in [1.82, 2.24) is 4.90 Å². The van der Waals surface area contributed by atoms with Crippen LogP contribution in [0.3, 0.4) is 0 Å². The second-order valence-electron chi connectivity index (χ2n) is 4.63. The van der Waals surface area contributed by atoms with E-state index < -0.39 is 18.6 Å². The summed E-state index contributed by atoms with van der Waals surface area (Å²) in [6.45, 7) is 0.355. The Bertz CT molecular complexity index is 501. The highest BCUT2D eigenvalue weighted by Crippen LogP contribution is 2.31. The predicted octanol–water partition coefficient (Wildman–Crippen LogP) is 2.62. The summed E-state index contributed by atoms with van der Waals surface area (Å²) in [5.41, 5.74) is 7.35. The van der Waals surface area contributed by atoms with E-state index in [-0.39, 0.29) is 6.03 Å². The number of nitrogens with zero attached hydrogens (tertiary/aromatic N) is 1. The number of amides is 2. The summed E-state index contributed by atoms with van der Waals surface area (Å²) in [4.78, 5) is 12.9. The summed E-state index contributed by atoms with van der Waals surface area (Å²) in [5, 5.41) is 2.65. The van der Waals surface area contributed by atoms with Crippen LogP contribution in [0.1, 0.15) is 23.6 Å². The Morgan fingerprint density at radius 1 is 1.47 bits per heavy atom. The third kappa shape index (κ3) is 3.17. The van der Waals surface area contributed by atoms with Gasteiger partial charge in [-0.1, -0.05) is 12.1 Å². The molecule has 19 heavy (non-hydrogen) atoms. The zero-order valence-electron chi connectivity index (χ0n) is 10.3. The average molecular weight is 273 g/mol. The first-order valence-corrected chi connectivity index (χ1v) is 5.73. The van der Waals surface area contributed by atoms with Gasteiger partial charge in [-0.2, -0.15) is 13.2 Å². The van der Waals surface area contributed by atoms with Crippen LogP contribution in [0.15, 0.2) is 18.2 Å². The minimum Gasteiger partial charge on any atom is -0.324 e. The van der Waals surface area contributed by atoms with Gasteiger partial charge in [-0.3, -0.25) is 0 Å². The highest BCUT2D eigenvalue weighted by atomic mass is 19.4. The number of nitrogens with one attached hydrogen (secondary N) is 1. The number of hydrogen-bond acceptors (Lipinski definition) is 2. The standard InChI is InChI=1S/C12H14F3N3O/c1-18-6-8-4-7(9(16)5-12(13,14)15)2-3-10(8)17-11(18)19/h2-4,9H,5-6,16H2,1H3,(H,17,19). The van der Waals surface area contributed by atoms with Gasteiger partial charge in [-0.05, 0) is 17.2 Å². The van der Waals surface area contributed by atoms with Crippen LogP contribution in [-0.4, -0.2) is 24.2 Å². The number of benzene rings is 1. The molecular formula is C12H14F3N3O. The van der Waals surface area contributed by atoms with Crippen LogP contribution >= 0.6 is 0 Å². The van der Waals surface area contributed by atoms with E-state index in [1.165, 1.54) is 11.0 Å². The van der Waals surface area contributed by atoms with Gasteiger partial charge in [0.1, 0.15) is 0 Å². The van der Waals surface area contributed by atoms with Crippen LogP contribution in [-0.2, 0) is 6.54 Å². The third-order valence-corrected chi connectivity index (χ3v) is 3.00. The van der Waals surface area contributed by atoms with Gasteiger partial charge in [0.05, 0.1) is 6.42 Å². The molecule has 1 aliphatic rings. The molecule has 104 valence electrons.